The number of urea groups is 1. The molecule has 1 aliphatic heterocycles. The fourth-order valence-electron chi connectivity index (χ4n) is 3.27. The molecule has 1 saturated heterocycles. The molecule has 0 radical (unpaired) electrons. The molecule has 0 saturated carbocycles. The average molecular weight is 438 g/mol. The summed E-state index contributed by atoms with van der Waals surface area (Å²) >= 11 is 1.43. The number of aromatic nitrogens is 3. The highest BCUT2D eigenvalue weighted by molar-refractivity contribution is 7.13. The van der Waals surface area contributed by atoms with Gasteiger partial charge in [-0.1, -0.05) is 6.07 Å². The molecular weight excluding hydrogens is 414 g/mol. The Balaban J connectivity index is 1.29. The van der Waals surface area contributed by atoms with Crippen LogP contribution in [0.15, 0.2) is 48.1 Å². The van der Waals surface area contributed by atoms with Crippen molar-refractivity contribution >= 4 is 34.9 Å². The standard InChI is InChI=1S/C21H23N7O2S/c29-19(15-3-2-8-23-11-15)24-12-16-4-1-5-17(25-16)27-21(30)28-18-13-31-20(26-18)14-6-9-22-10-7-14/h1,4-7,9-10,13,15,23H,2-3,8,11-12H2,(H,24,29)(H2,25,27,28,30). The molecule has 3 amide bonds. The maximum absolute atomic E-state index is 12.3. The van der Waals surface area contributed by atoms with Gasteiger partial charge in [-0.2, -0.15) is 0 Å². The molecule has 0 aliphatic carbocycles. The number of hydrogen-bond donors (Lipinski definition) is 4. The van der Waals surface area contributed by atoms with Crippen molar-refractivity contribution in [3.63, 3.8) is 0 Å². The largest absolute Gasteiger partial charge is 0.350 e. The van der Waals surface area contributed by atoms with Crippen LogP contribution in [-0.4, -0.2) is 40.0 Å². The molecule has 1 fully saturated rings. The zero-order valence-electron chi connectivity index (χ0n) is 16.8. The quantitative estimate of drug-likeness (QED) is 0.471. The third-order valence-electron chi connectivity index (χ3n) is 4.83. The van der Waals surface area contributed by atoms with Gasteiger partial charge >= 0.3 is 6.03 Å². The van der Waals surface area contributed by atoms with Crippen LogP contribution in [0.4, 0.5) is 16.4 Å². The third kappa shape index (κ3) is 5.83. The van der Waals surface area contributed by atoms with Crippen LogP contribution in [0, 0.1) is 5.92 Å². The number of rotatable bonds is 6. The zero-order chi connectivity index (χ0) is 21.5. The smallest absolute Gasteiger partial charge is 0.326 e. The summed E-state index contributed by atoms with van der Waals surface area (Å²) in [6, 6.07) is 8.58. The molecule has 1 aliphatic rings. The summed E-state index contributed by atoms with van der Waals surface area (Å²) in [5.74, 6) is 0.876. The number of carbonyl (C=O) groups is 2. The highest BCUT2D eigenvalue weighted by Crippen LogP contribution is 2.25. The monoisotopic (exact) mass is 437 g/mol. The molecule has 0 bridgehead atoms. The molecule has 3 aromatic heterocycles. The highest BCUT2D eigenvalue weighted by atomic mass is 32.1. The summed E-state index contributed by atoms with van der Waals surface area (Å²) in [6.45, 7) is 1.99. The lowest BCUT2D eigenvalue weighted by Crippen LogP contribution is -2.40. The summed E-state index contributed by atoms with van der Waals surface area (Å²) in [5.41, 5.74) is 1.61. The molecule has 0 aromatic carbocycles. The Labute approximate surface area is 183 Å². The predicted octanol–water partition coefficient (Wildman–Crippen LogP) is 2.86. The number of thiazole rings is 1. The fraction of sp³-hybridized carbons (Fsp3) is 0.286. The van der Waals surface area contributed by atoms with Crippen molar-refractivity contribution in [2.24, 2.45) is 5.92 Å². The summed E-state index contributed by atoms with van der Waals surface area (Å²) in [7, 11) is 0. The van der Waals surface area contributed by atoms with Gasteiger partial charge in [-0.05, 0) is 43.7 Å². The second kappa shape index (κ2) is 10.1. The van der Waals surface area contributed by atoms with Crippen molar-refractivity contribution in [1.29, 1.82) is 0 Å². The Morgan fingerprint density at radius 3 is 2.74 bits per heavy atom. The Bertz CT molecular complexity index is 1030. The number of nitrogens with one attached hydrogen (secondary N) is 4. The van der Waals surface area contributed by atoms with Crippen LogP contribution in [-0.2, 0) is 11.3 Å². The Morgan fingerprint density at radius 2 is 1.94 bits per heavy atom. The van der Waals surface area contributed by atoms with E-state index in [1.807, 2.05) is 18.2 Å². The van der Waals surface area contributed by atoms with Crippen molar-refractivity contribution < 1.29 is 9.59 Å². The van der Waals surface area contributed by atoms with E-state index in [0.717, 1.165) is 30.0 Å². The summed E-state index contributed by atoms with van der Waals surface area (Å²) < 4.78 is 0. The van der Waals surface area contributed by atoms with Crippen LogP contribution < -0.4 is 21.3 Å². The van der Waals surface area contributed by atoms with E-state index in [4.69, 9.17) is 0 Å². The normalized spacial score (nSPS) is 15.8. The Kier molecular flexibility index (Phi) is 6.80. The highest BCUT2D eigenvalue weighted by Gasteiger charge is 2.20. The third-order valence-corrected chi connectivity index (χ3v) is 5.72. The second-order valence-electron chi connectivity index (χ2n) is 7.13. The van der Waals surface area contributed by atoms with E-state index in [1.54, 1.807) is 29.9 Å². The van der Waals surface area contributed by atoms with Gasteiger partial charge in [0.05, 0.1) is 18.2 Å². The average Bonchev–Trinajstić information content (AvgIpc) is 3.27. The molecular formula is C21H23N7O2S. The first kappa shape index (κ1) is 20.9. The molecule has 10 heteroatoms. The molecule has 3 aromatic rings. The van der Waals surface area contributed by atoms with Gasteiger partial charge in [0, 0.05) is 29.9 Å². The second-order valence-corrected chi connectivity index (χ2v) is 7.99. The van der Waals surface area contributed by atoms with E-state index in [0.29, 0.717) is 30.4 Å². The lowest BCUT2D eigenvalue weighted by molar-refractivity contribution is -0.125. The first-order valence-electron chi connectivity index (χ1n) is 10.1. The topological polar surface area (TPSA) is 121 Å². The van der Waals surface area contributed by atoms with Gasteiger partial charge < -0.3 is 10.6 Å². The van der Waals surface area contributed by atoms with Crippen LogP contribution >= 0.6 is 11.3 Å². The van der Waals surface area contributed by atoms with E-state index >= 15 is 0 Å². The van der Waals surface area contributed by atoms with Crippen molar-refractivity contribution in [2.45, 2.75) is 19.4 Å². The Morgan fingerprint density at radius 1 is 1.10 bits per heavy atom. The molecule has 31 heavy (non-hydrogen) atoms. The molecule has 1 atom stereocenters. The SMILES string of the molecule is O=C(Nc1cccc(CNC(=O)C2CCCNC2)n1)Nc1csc(-c2ccncc2)n1. The molecule has 4 N–H and O–H groups in total. The molecule has 0 spiro atoms. The van der Waals surface area contributed by atoms with E-state index in [9.17, 15) is 9.59 Å². The van der Waals surface area contributed by atoms with Crippen molar-refractivity contribution in [2.75, 3.05) is 23.7 Å². The van der Waals surface area contributed by atoms with Gasteiger partial charge in [-0.3, -0.25) is 20.4 Å². The van der Waals surface area contributed by atoms with Crippen LogP contribution in [0.3, 0.4) is 0 Å². The van der Waals surface area contributed by atoms with E-state index < -0.39 is 6.03 Å². The van der Waals surface area contributed by atoms with Gasteiger partial charge in [-0.15, -0.1) is 11.3 Å². The molecule has 4 rings (SSSR count). The molecule has 9 nitrogen and oxygen atoms in total. The zero-order valence-corrected chi connectivity index (χ0v) is 17.6. The van der Waals surface area contributed by atoms with Crippen LogP contribution in [0.2, 0.25) is 0 Å². The minimum atomic E-state index is -0.437. The number of piperidine rings is 1. The first-order valence-corrected chi connectivity index (χ1v) is 10.9. The molecule has 160 valence electrons. The summed E-state index contributed by atoms with van der Waals surface area (Å²) in [5, 5.41) is 14.1. The van der Waals surface area contributed by atoms with Gasteiger partial charge in [0.2, 0.25) is 5.91 Å². The van der Waals surface area contributed by atoms with Crippen molar-refractivity contribution in [3.05, 3.63) is 53.8 Å². The Hall–Kier alpha value is -3.37. The lowest BCUT2D eigenvalue weighted by atomic mass is 9.99. The first-order chi connectivity index (χ1) is 15.2. The summed E-state index contributed by atoms with van der Waals surface area (Å²) in [6.07, 6.45) is 5.30. The maximum atomic E-state index is 12.3. The molecule has 4 heterocycles. The van der Waals surface area contributed by atoms with E-state index in [1.165, 1.54) is 11.3 Å². The van der Waals surface area contributed by atoms with Crippen LogP contribution in [0.1, 0.15) is 18.5 Å². The van der Waals surface area contributed by atoms with Crippen molar-refractivity contribution in [1.82, 2.24) is 25.6 Å². The van der Waals surface area contributed by atoms with Gasteiger partial charge in [0.25, 0.3) is 0 Å². The number of hydrogen-bond acceptors (Lipinski definition) is 7. The molecule has 1 unspecified atom stereocenters. The van der Waals surface area contributed by atoms with Crippen LogP contribution in [0.25, 0.3) is 10.6 Å². The van der Waals surface area contributed by atoms with Gasteiger partial charge in [0.15, 0.2) is 0 Å². The van der Waals surface area contributed by atoms with E-state index in [2.05, 4.69) is 36.2 Å². The number of carbonyl (C=O) groups excluding carboxylic acids is 2. The number of anilines is 2. The minimum absolute atomic E-state index is 0.00372. The van der Waals surface area contributed by atoms with Crippen molar-refractivity contribution in [3.8, 4) is 10.6 Å². The predicted molar refractivity (Wildman–Crippen MR) is 120 cm³/mol. The van der Waals surface area contributed by atoms with Gasteiger partial charge in [-0.25, -0.2) is 14.8 Å². The number of nitrogens with zero attached hydrogens (tertiary/aromatic N) is 3. The van der Waals surface area contributed by atoms with E-state index in [-0.39, 0.29) is 11.8 Å². The van der Waals surface area contributed by atoms with Gasteiger partial charge in [0.1, 0.15) is 16.6 Å². The maximum Gasteiger partial charge on any atom is 0.326 e. The summed E-state index contributed by atoms with van der Waals surface area (Å²) in [4.78, 5) is 37.4. The minimum Gasteiger partial charge on any atom is -0.350 e. The van der Waals surface area contributed by atoms with Crippen LogP contribution in [0.5, 0.6) is 0 Å². The number of amides is 3. The fourth-order valence-corrected chi connectivity index (χ4v) is 4.03. The lowest BCUT2D eigenvalue weighted by Gasteiger charge is -2.21. The number of pyridine rings is 2.